The second-order valence-corrected chi connectivity index (χ2v) is 5.23. The van der Waals surface area contributed by atoms with Crippen molar-refractivity contribution in [1.82, 2.24) is 4.90 Å². The third kappa shape index (κ3) is 2.61. The zero-order valence-electron chi connectivity index (χ0n) is 11.0. The lowest BCUT2D eigenvalue weighted by atomic mass is 9.68. The lowest BCUT2D eigenvalue weighted by Gasteiger charge is -2.41. The summed E-state index contributed by atoms with van der Waals surface area (Å²) in [5.41, 5.74) is 5.37. The Morgan fingerprint density at radius 3 is 2.63 bits per heavy atom. The minimum absolute atomic E-state index is 0.0597. The summed E-state index contributed by atoms with van der Waals surface area (Å²) in [4.78, 5) is 13.7. The zero-order valence-corrected chi connectivity index (χ0v) is 11.0. The highest BCUT2D eigenvalue weighted by Gasteiger charge is 2.44. The highest BCUT2D eigenvalue weighted by Crippen LogP contribution is 2.41. The maximum atomic E-state index is 13.5. The fourth-order valence-corrected chi connectivity index (χ4v) is 2.51. The van der Waals surface area contributed by atoms with Gasteiger partial charge in [0.2, 0.25) is 5.91 Å². The van der Waals surface area contributed by atoms with Crippen molar-refractivity contribution in [2.75, 3.05) is 13.6 Å². The summed E-state index contributed by atoms with van der Waals surface area (Å²) in [6, 6.07) is 3.26. The van der Waals surface area contributed by atoms with Crippen LogP contribution in [0.1, 0.15) is 24.8 Å². The van der Waals surface area contributed by atoms with Crippen LogP contribution in [0.3, 0.4) is 0 Å². The summed E-state index contributed by atoms with van der Waals surface area (Å²) in [6.45, 7) is 0.367. The van der Waals surface area contributed by atoms with Gasteiger partial charge in [-0.25, -0.2) is 8.78 Å². The lowest BCUT2D eigenvalue weighted by molar-refractivity contribution is -0.145. The Morgan fingerprint density at radius 1 is 1.42 bits per heavy atom. The predicted molar refractivity (Wildman–Crippen MR) is 68.2 cm³/mol. The van der Waals surface area contributed by atoms with Crippen LogP contribution in [0.2, 0.25) is 0 Å². The first kappa shape index (κ1) is 13.9. The number of hydrogen-bond donors (Lipinski definition) is 1. The van der Waals surface area contributed by atoms with Crippen LogP contribution in [-0.2, 0) is 11.3 Å². The standard InChI is InChI=1S/C14H18F2N2O/c1-18(13(19)14(9-17)5-2-6-14)8-10-7-11(15)3-4-12(10)16/h3-4,7H,2,5-6,8-9,17H2,1H3. The van der Waals surface area contributed by atoms with Crippen molar-refractivity contribution < 1.29 is 13.6 Å². The normalized spacial score (nSPS) is 16.8. The first-order valence-electron chi connectivity index (χ1n) is 6.38. The van der Waals surface area contributed by atoms with E-state index in [-0.39, 0.29) is 18.0 Å². The van der Waals surface area contributed by atoms with Gasteiger partial charge in [0.25, 0.3) is 0 Å². The molecule has 5 heteroatoms. The van der Waals surface area contributed by atoms with Gasteiger partial charge in [-0.2, -0.15) is 0 Å². The number of benzene rings is 1. The fourth-order valence-electron chi connectivity index (χ4n) is 2.51. The van der Waals surface area contributed by atoms with Crippen LogP contribution in [0.25, 0.3) is 0 Å². The third-order valence-electron chi connectivity index (χ3n) is 3.92. The molecule has 1 aromatic rings. The Morgan fingerprint density at radius 2 is 2.11 bits per heavy atom. The summed E-state index contributed by atoms with van der Waals surface area (Å²) in [6.07, 6.45) is 2.54. The number of amides is 1. The van der Waals surface area contributed by atoms with Crippen molar-refractivity contribution in [2.24, 2.45) is 11.1 Å². The molecule has 104 valence electrons. The monoisotopic (exact) mass is 268 g/mol. The third-order valence-corrected chi connectivity index (χ3v) is 3.92. The summed E-state index contributed by atoms with van der Waals surface area (Å²) in [5, 5.41) is 0. The molecule has 1 fully saturated rings. The number of carbonyl (C=O) groups excluding carboxylic acids is 1. The summed E-state index contributed by atoms with van der Waals surface area (Å²) in [7, 11) is 1.60. The summed E-state index contributed by atoms with van der Waals surface area (Å²) >= 11 is 0. The van der Waals surface area contributed by atoms with Crippen molar-refractivity contribution >= 4 is 5.91 Å². The van der Waals surface area contributed by atoms with Gasteiger partial charge in [-0.05, 0) is 31.0 Å². The van der Waals surface area contributed by atoms with E-state index in [0.29, 0.717) is 6.54 Å². The quantitative estimate of drug-likeness (QED) is 0.908. The topological polar surface area (TPSA) is 46.3 Å². The van der Waals surface area contributed by atoms with E-state index in [4.69, 9.17) is 5.73 Å². The first-order chi connectivity index (χ1) is 8.98. The molecule has 1 amide bonds. The molecule has 2 N–H and O–H groups in total. The van der Waals surface area contributed by atoms with E-state index in [9.17, 15) is 13.6 Å². The van der Waals surface area contributed by atoms with E-state index in [0.717, 1.165) is 37.5 Å². The number of nitrogens with two attached hydrogens (primary N) is 1. The van der Waals surface area contributed by atoms with Crippen LogP contribution < -0.4 is 5.73 Å². The predicted octanol–water partition coefficient (Wildman–Crippen LogP) is 2.05. The second-order valence-electron chi connectivity index (χ2n) is 5.23. The van der Waals surface area contributed by atoms with Gasteiger partial charge in [0.15, 0.2) is 0 Å². The molecule has 1 aliphatic rings. The summed E-state index contributed by atoms with van der Waals surface area (Å²) in [5.74, 6) is -1.09. The van der Waals surface area contributed by atoms with Gasteiger partial charge in [0, 0.05) is 25.7 Å². The highest BCUT2D eigenvalue weighted by atomic mass is 19.1. The van der Waals surface area contributed by atoms with Crippen LogP contribution >= 0.6 is 0 Å². The number of halogens is 2. The van der Waals surface area contributed by atoms with E-state index in [1.807, 2.05) is 0 Å². The lowest BCUT2D eigenvalue weighted by Crippen LogP contribution is -2.50. The van der Waals surface area contributed by atoms with E-state index in [1.54, 1.807) is 7.05 Å². The van der Waals surface area contributed by atoms with Gasteiger partial charge in [-0.15, -0.1) is 0 Å². The Hall–Kier alpha value is -1.49. The molecule has 0 aliphatic heterocycles. The van der Waals surface area contributed by atoms with Gasteiger partial charge in [-0.3, -0.25) is 4.79 Å². The van der Waals surface area contributed by atoms with E-state index >= 15 is 0 Å². The Balaban J connectivity index is 2.10. The molecular weight excluding hydrogens is 250 g/mol. The molecule has 0 aromatic heterocycles. The van der Waals surface area contributed by atoms with Crippen molar-refractivity contribution in [3.05, 3.63) is 35.4 Å². The van der Waals surface area contributed by atoms with Crippen molar-refractivity contribution in [3.63, 3.8) is 0 Å². The van der Waals surface area contributed by atoms with Gasteiger partial charge in [-0.1, -0.05) is 6.42 Å². The van der Waals surface area contributed by atoms with Crippen LogP contribution in [0.5, 0.6) is 0 Å². The molecule has 0 heterocycles. The van der Waals surface area contributed by atoms with Gasteiger partial charge in [0.05, 0.1) is 5.41 Å². The minimum Gasteiger partial charge on any atom is -0.341 e. The van der Waals surface area contributed by atoms with Crippen LogP contribution in [-0.4, -0.2) is 24.4 Å². The Labute approximate surface area is 111 Å². The van der Waals surface area contributed by atoms with E-state index in [2.05, 4.69) is 0 Å². The second kappa shape index (κ2) is 5.25. The highest BCUT2D eigenvalue weighted by molar-refractivity contribution is 5.83. The molecule has 0 bridgehead atoms. The number of rotatable bonds is 4. The SMILES string of the molecule is CN(Cc1cc(F)ccc1F)C(=O)C1(CN)CCC1. The molecule has 3 nitrogen and oxygen atoms in total. The molecule has 1 aliphatic carbocycles. The van der Waals surface area contributed by atoms with Gasteiger partial charge < -0.3 is 10.6 Å². The maximum Gasteiger partial charge on any atom is 0.230 e. The number of hydrogen-bond acceptors (Lipinski definition) is 2. The molecule has 0 saturated heterocycles. The van der Waals surface area contributed by atoms with E-state index in [1.165, 1.54) is 4.90 Å². The van der Waals surface area contributed by atoms with Crippen molar-refractivity contribution in [1.29, 1.82) is 0 Å². The molecule has 19 heavy (non-hydrogen) atoms. The Bertz CT molecular complexity index is 481. The maximum absolute atomic E-state index is 13.5. The van der Waals surface area contributed by atoms with Crippen molar-refractivity contribution in [2.45, 2.75) is 25.8 Å². The largest absolute Gasteiger partial charge is 0.341 e. The molecule has 0 spiro atoms. The average molecular weight is 268 g/mol. The molecule has 0 unspecified atom stereocenters. The molecule has 0 atom stereocenters. The minimum atomic E-state index is -0.505. The summed E-state index contributed by atoms with van der Waals surface area (Å²) < 4.78 is 26.6. The average Bonchev–Trinajstić information content (AvgIpc) is 2.33. The molecule has 2 rings (SSSR count). The molecular formula is C14H18F2N2O. The number of carbonyl (C=O) groups is 1. The van der Waals surface area contributed by atoms with Crippen LogP contribution in [0.15, 0.2) is 18.2 Å². The number of nitrogens with zero attached hydrogens (tertiary/aromatic N) is 1. The van der Waals surface area contributed by atoms with Crippen molar-refractivity contribution in [3.8, 4) is 0 Å². The smallest absolute Gasteiger partial charge is 0.230 e. The first-order valence-corrected chi connectivity index (χ1v) is 6.38. The van der Waals surface area contributed by atoms with Crippen LogP contribution in [0, 0.1) is 17.0 Å². The molecule has 0 radical (unpaired) electrons. The van der Waals surface area contributed by atoms with Crippen LogP contribution in [0.4, 0.5) is 8.78 Å². The van der Waals surface area contributed by atoms with Gasteiger partial charge in [0.1, 0.15) is 11.6 Å². The zero-order chi connectivity index (χ0) is 14.0. The fraction of sp³-hybridized carbons (Fsp3) is 0.500. The molecule has 1 saturated carbocycles. The van der Waals surface area contributed by atoms with E-state index < -0.39 is 17.0 Å². The molecule has 1 aromatic carbocycles. The Kier molecular flexibility index (Phi) is 3.85. The van der Waals surface area contributed by atoms with Gasteiger partial charge >= 0.3 is 0 Å².